The summed E-state index contributed by atoms with van der Waals surface area (Å²) in [6, 6.07) is 0. The standard InChI is InChI=1S/C15H23BFN3O2/c1-14(2)15(3,4)22-16(21-14)11-8-18-13(19-9-11)20-7-5-6-12(17)10-20/h8-9,12H,5-7,10H2,1-4H3/t12-/m0/s1. The Kier molecular flexibility index (Phi) is 3.89. The summed E-state index contributed by atoms with van der Waals surface area (Å²) in [5.74, 6) is 0.572. The van der Waals surface area contributed by atoms with Gasteiger partial charge in [-0.2, -0.15) is 0 Å². The maximum atomic E-state index is 13.5. The molecule has 1 atom stereocenters. The number of halogens is 1. The number of piperidine rings is 1. The average Bonchev–Trinajstić information content (AvgIpc) is 2.68. The topological polar surface area (TPSA) is 47.5 Å². The minimum absolute atomic E-state index is 0.371. The molecule has 0 unspecified atom stereocenters. The third-order valence-electron chi connectivity index (χ3n) is 4.83. The maximum absolute atomic E-state index is 13.5. The summed E-state index contributed by atoms with van der Waals surface area (Å²) < 4.78 is 25.4. The van der Waals surface area contributed by atoms with Crippen molar-refractivity contribution in [3.63, 3.8) is 0 Å². The van der Waals surface area contributed by atoms with Crippen molar-refractivity contribution < 1.29 is 13.7 Å². The minimum Gasteiger partial charge on any atom is -0.399 e. The van der Waals surface area contributed by atoms with E-state index in [1.807, 2.05) is 32.6 Å². The molecule has 2 aliphatic rings. The first-order valence-corrected chi connectivity index (χ1v) is 7.85. The molecule has 0 radical (unpaired) electrons. The molecule has 0 aromatic carbocycles. The van der Waals surface area contributed by atoms with Crippen molar-refractivity contribution in [1.29, 1.82) is 0 Å². The average molecular weight is 307 g/mol. The van der Waals surface area contributed by atoms with Gasteiger partial charge in [0.05, 0.1) is 17.7 Å². The van der Waals surface area contributed by atoms with Crippen LogP contribution in [0.2, 0.25) is 0 Å². The molecule has 1 aromatic rings. The van der Waals surface area contributed by atoms with Crippen LogP contribution in [0.3, 0.4) is 0 Å². The molecular formula is C15H23BFN3O2. The van der Waals surface area contributed by atoms with Crippen LogP contribution in [0, 0.1) is 0 Å². The van der Waals surface area contributed by atoms with Crippen LogP contribution in [-0.4, -0.2) is 47.5 Å². The highest BCUT2D eigenvalue weighted by Crippen LogP contribution is 2.36. The number of aromatic nitrogens is 2. The Hall–Kier alpha value is -1.21. The first-order chi connectivity index (χ1) is 10.3. The van der Waals surface area contributed by atoms with Crippen molar-refractivity contribution in [2.45, 2.75) is 57.9 Å². The Morgan fingerprint density at radius 2 is 1.77 bits per heavy atom. The molecule has 2 saturated heterocycles. The number of anilines is 1. The molecule has 0 bridgehead atoms. The molecule has 2 fully saturated rings. The van der Waals surface area contributed by atoms with Crippen LogP contribution in [0.5, 0.6) is 0 Å². The third kappa shape index (κ3) is 2.84. The van der Waals surface area contributed by atoms with Gasteiger partial charge in [-0.1, -0.05) is 0 Å². The number of rotatable bonds is 2. The van der Waals surface area contributed by atoms with E-state index in [4.69, 9.17) is 9.31 Å². The molecular weight excluding hydrogens is 284 g/mol. The summed E-state index contributed by atoms with van der Waals surface area (Å²) >= 11 is 0. The van der Waals surface area contributed by atoms with E-state index in [-0.39, 0.29) is 11.2 Å². The van der Waals surface area contributed by atoms with Gasteiger partial charge in [0, 0.05) is 24.4 Å². The Labute approximate surface area is 131 Å². The molecule has 5 nitrogen and oxygen atoms in total. The van der Waals surface area contributed by atoms with Gasteiger partial charge in [0.25, 0.3) is 0 Å². The highest BCUT2D eigenvalue weighted by Gasteiger charge is 2.52. The van der Waals surface area contributed by atoms with Gasteiger partial charge >= 0.3 is 7.12 Å². The van der Waals surface area contributed by atoms with E-state index < -0.39 is 13.3 Å². The van der Waals surface area contributed by atoms with Gasteiger partial charge in [0.2, 0.25) is 5.95 Å². The van der Waals surface area contributed by atoms with E-state index in [1.54, 1.807) is 12.4 Å². The first kappa shape index (κ1) is 15.7. The molecule has 0 aliphatic carbocycles. The molecule has 0 spiro atoms. The van der Waals surface area contributed by atoms with Gasteiger partial charge in [-0.3, -0.25) is 0 Å². The molecule has 3 heterocycles. The predicted molar refractivity (Wildman–Crippen MR) is 84.1 cm³/mol. The fraction of sp³-hybridized carbons (Fsp3) is 0.733. The van der Waals surface area contributed by atoms with E-state index in [0.29, 0.717) is 18.9 Å². The fourth-order valence-corrected chi connectivity index (χ4v) is 2.70. The van der Waals surface area contributed by atoms with E-state index >= 15 is 0 Å². The zero-order chi connectivity index (χ0) is 16.0. The largest absolute Gasteiger partial charge is 0.498 e. The summed E-state index contributed by atoms with van der Waals surface area (Å²) in [6.45, 7) is 9.22. The minimum atomic E-state index is -0.792. The highest BCUT2D eigenvalue weighted by atomic mass is 19.1. The molecule has 3 rings (SSSR count). The van der Waals surface area contributed by atoms with Crippen molar-refractivity contribution >= 4 is 18.5 Å². The number of hydrogen-bond donors (Lipinski definition) is 0. The molecule has 22 heavy (non-hydrogen) atoms. The number of alkyl halides is 1. The van der Waals surface area contributed by atoms with Crippen LogP contribution < -0.4 is 10.4 Å². The summed E-state index contributed by atoms with van der Waals surface area (Å²) in [6.07, 6.45) is 4.10. The van der Waals surface area contributed by atoms with Gasteiger partial charge < -0.3 is 14.2 Å². The molecule has 120 valence electrons. The predicted octanol–water partition coefficient (Wildman–Crippen LogP) is 1.71. The van der Waals surface area contributed by atoms with Crippen LogP contribution in [0.25, 0.3) is 0 Å². The summed E-state index contributed by atoms with van der Waals surface area (Å²) in [7, 11) is -0.464. The molecule has 7 heteroatoms. The van der Waals surface area contributed by atoms with E-state index in [1.165, 1.54) is 0 Å². The Balaban J connectivity index is 1.72. The van der Waals surface area contributed by atoms with Crippen molar-refractivity contribution in [2.75, 3.05) is 18.0 Å². The lowest BCUT2D eigenvalue weighted by atomic mass is 9.81. The van der Waals surface area contributed by atoms with E-state index in [2.05, 4.69) is 9.97 Å². The summed E-state index contributed by atoms with van der Waals surface area (Å²) in [5.41, 5.74) is 0.0196. The Bertz CT molecular complexity index is 522. The van der Waals surface area contributed by atoms with Crippen molar-refractivity contribution in [3.8, 4) is 0 Å². The maximum Gasteiger partial charge on any atom is 0.498 e. The fourth-order valence-electron chi connectivity index (χ4n) is 2.70. The van der Waals surface area contributed by atoms with Gasteiger partial charge in [-0.25, -0.2) is 14.4 Å². The zero-order valence-electron chi connectivity index (χ0n) is 13.7. The number of nitrogens with zero attached hydrogens (tertiary/aromatic N) is 3. The van der Waals surface area contributed by atoms with Crippen LogP contribution in [0.1, 0.15) is 40.5 Å². The molecule has 0 saturated carbocycles. The SMILES string of the molecule is CC1(C)OB(c2cnc(N3CCC[C@H](F)C3)nc2)OC1(C)C. The Morgan fingerprint density at radius 1 is 1.18 bits per heavy atom. The quantitative estimate of drug-likeness (QED) is 0.779. The second-order valence-electron chi connectivity index (χ2n) is 7.09. The van der Waals surface area contributed by atoms with Crippen LogP contribution in [0.4, 0.5) is 10.3 Å². The number of hydrogen-bond acceptors (Lipinski definition) is 5. The normalized spacial score (nSPS) is 27.2. The van der Waals surface area contributed by atoms with E-state index in [0.717, 1.165) is 18.4 Å². The molecule has 0 amide bonds. The first-order valence-electron chi connectivity index (χ1n) is 7.85. The van der Waals surface area contributed by atoms with Gasteiger partial charge in [-0.15, -0.1) is 0 Å². The summed E-state index contributed by atoms with van der Waals surface area (Å²) in [4.78, 5) is 10.6. The van der Waals surface area contributed by atoms with Gasteiger partial charge in [0.1, 0.15) is 6.17 Å². The lowest BCUT2D eigenvalue weighted by Crippen LogP contribution is -2.41. The van der Waals surface area contributed by atoms with E-state index in [9.17, 15) is 4.39 Å². The lowest BCUT2D eigenvalue weighted by Gasteiger charge is -2.32. The van der Waals surface area contributed by atoms with Crippen LogP contribution >= 0.6 is 0 Å². The molecule has 2 aliphatic heterocycles. The van der Waals surface area contributed by atoms with Crippen molar-refractivity contribution in [1.82, 2.24) is 9.97 Å². The van der Waals surface area contributed by atoms with Gasteiger partial charge in [-0.05, 0) is 40.5 Å². The monoisotopic (exact) mass is 307 g/mol. The summed E-state index contributed by atoms with van der Waals surface area (Å²) in [5, 5.41) is 0. The molecule has 1 aromatic heterocycles. The second-order valence-corrected chi connectivity index (χ2v) is 7.09. The lowest BCUT2D eigenvalue weighted by molar-refractivity contribution is 0.00578. The molecule has 0 N–H and O–H groups in total. The van der Waals surface area contributed by atoms with Crippen molar-refractivity contribution in [2.24, 2.45) is 0 Å². The zero-order valence-corrected chi connectivity index (χ0v) is 13.7. The highest BCUT2D eigenvalue weighted by molar-refractivity contribution is 6.61. The van der Waals surface area contributed by atoms with Crippen LogP contribution in [0.15, 0.2) is 12.4 Å². The van der Waals surface area contributed by atoms with Crippen LogP contribution in [-0.2, 0) is 9.31 Å². The smallest absolute Gasteiger partial charge is 0.399 e. The Morgan fingerprint density at radius 3 is 2.32 bits per heavy atom. The second kappa shape index (κ2) is 5.46. The van der Waals surface area contributed by atoms with Gasteiger partial charge in [0.15, 0.2) is 0 Å². The third-order valence-corrected chi connectivity index (χ3v) is 4.83. The van der Waals surface area contributed by atoms with Crippen molar-refractivity contribution in [3.05, 3.63) is 12.4 Å².